The number of hydrogen-bond donors (Lipinski definition) is 10. The Hall–Kier alpha value is -5.39. The molecule has 0 bridgehead atoms. The Morgan fingerprint density at radius 2 is 1.59 bits per heavy atom. The Kier molecular flexibility index (Phi) is 24.4. The number of rotatable bonds is 35. The second kappa shape index (κ2) is 29.4. The van der Waals surface area contributed by atoms with Crippen LogP contribution in [0.5, 0.6) is 5.75 Å². The van der Waals surface area contributed by atoms with Gasteiger partial charge in [0.1, 0.15) is 43.0 Å². The zero-order chi connectivity index (χ0) is 56.5. The SMILES string of the molecule is CSCC[C@H]1C(=O)[N+]2([C@@H](CS)C(=O)C2(C)C(=O)[C@@H]2CCCN2N(N[C@@H](Cc2ccc(O)cc2)C(=O)N[C@@H](C=O)C(C)C)[C@H](C=O)CCCN=C(N)N)N1N[C@@H](CC(C)C)C(=O)N(CC=O)N[C@@H](C=O)CCCN=C(N)N. The summed E-state index contributed by atoms with van der Waals surface area (Å²) in [4.78, 5) is 133. The maximum absolute atomic E-state index is 15.9. The van der Waals surface area contributed by atoms with E-state index >= 15 is 9.59 Å². The molecule has 13 N–H and O–H groups in total. The number of hydrazine groups is 4. The molecule has 3 aliphatic heterocycles. The third kappa shape index (κ3) is 14.6. The lowest BCUT2D eigenvalue weighted by molar-refractivity contribution is -1.07. The van der Waals surface area contributed by atoms with Crippen molar-refractivity contribution in [2.45, 2.75) is 146 Å². The van der Waals surface area contributed by atoms with E-state index in [1.165, 1.54) is 41.1 Å². The fourth-order valence-corrected chi connectivity index (χ4v) is 11.0. The summed E-state index contributed by atoms with van der Waals surface area (Å²) in [6.45, 7) is 8.73. The highest BCUT2D eigenvalue weighted by molar-refractivity contribution is 7.98. The van der Waals surface area contributed by atoms with Gasteiger partial charge in [-0.25, -0.2) is 20.7 Å². The van der Waals surface area contributed by atoms with Gasteiger partial charge in [0.05, 0.1) is 36.5 Å². The Bertz CT molecular complexity index is 2250. The molecule has 3 saturated heterocycles. The quantitative estimate of drug-likeness (QED) is 0.00536. The van der Waals surface area contributed by atoms with Crippen LogP contribution in [0.25, 0.3) is 0 Å². The fraction of sp³-hybridized carbons (Fsp3) is 0.653. The molecule has 3 amide bonds. The number of phenols is 1. The van der Waals surface area contributed by atoms with E-state index in [-0.39, 0.29) is 99.8 Å². The molecule has 0 saturated carbocycles. The topological polar surface area (TPSA) is 364 Å². The number of phenolic OH excluding ortho intramolecular Hbond substituents is 1. The molecule has 3 heterocycles. The maximum atomic E-state index is 15.9. The highest BCUT2D eigenvalue weighted by Crippen LogP contribution is 2.53. The largest absolute Gasteiger partial charge is 0.508 e. The van der Waals surface area contributed by atoms with Gasteiger partial charge in [0, 0.05) is 26.6 Å². The first kappa shape index (κ1) is 63.1. The number of thioether (sulfide) groups is 1. The van der Waals surface area contributed by atoms with E-state index in [1.54, 1.807) is 31.0 Å². The number of quaternary nitrogens is 1. The predicted octanol–water partition coefficient (Wildman–Crippen LogP) is -1.57. The van der Waals surface area contributed by atoms with Gasteiger partial charge in [-0.3, -0.25) is 34.2 Å². The summed E-state index contributed by atoms with van der Waals surface area (Å²) in [6, 6.07) is -2.41. The highest BCUT2D eigenvalue weighted by atomic mass is 32.2. The minimum Gasteiger partial charge on any atom is -0.508 e. The average Bonchev–Trinajstić information content (AvgIpc) is 3.87. The number of hydrogen-bond acceptors (Lipinski definition) is 20. The molecule has 1 spiro atoms. The number of aliphatic imine (C=N–C) groups is 2. The van der Waals surface area contributed by atoms with Crippen molar-refractivity contribution in [1.29, 1.82) is 0 Å². The standard InChI is InChI=1S/C49H79N15O10S2/c1-30(2)24-37(45(73)60(21-22-65)57-33(26-66)10-7-18-54-47(50)51)59-63-40(17-23-76-6)46(74)64(63)41(29-75)43(71)49(64,5)42(70)39-12-9-20-61(39)62(34(27-67)11-8-19-55-48(52)53)58-36(25-32-13-15-35(69)16-14-32)44(72)56-38(28-68)31(3)4/h13-16,22,26-28,30-31,33-34,36-41,57-59H,7-12,17-21,23-25,29H2,1-6H3,(H10-,50,51,52,53,54,55,56,69,72,75)/p+1/t33-,34+,36+,37+,38+,39+,40+,41+,49?,64?/m1/s1. The number of amides is 3. The Balaban J connectivity index is 1.84. The van der Waals surface area contributed by atoms with Gasteiger partial charge < -0.3 is 52.5 Å². The summed E-state index contributed by atoms with van der Waals surface area (Å²) in [5, 5.41) is 18.5. The molecule has 4 rings (SSSR count). The number of nitrogens with one attached hydrogen (secondary N) is 4. The van der Waals surface area contributed by atoms with Crippen LogP contribution >= 0.6 is 24.4 Å². The number of guanidine groups is 2. The predicted molar refractivity (Wildman–Crippen MR) is 290 cm³/mol. The number of ketones is 2. The van der Waals surface area contributed by atoms with Crippen molar-refractivity contribution >= 4 is 90.7 Å². The van der Waals surface area contributed by atoms with Crippen LogP contribution in [0, 0.1) is 11.8 Å². The number of aromatic hydroxyl groups is 1. The summed E-state index contributed by atoms with van der Waals surface area (Å²) in [7, 11) is 0. The molecule has 27 heteroatoms. The molecule has 0 aromatic heterocycles. The fourth-order valence-electron chi connectivity index (χ4n) is 10.2. The number of nitrogens with zero attached hydrogens (tertiary/aromatic N) is 7. The van der Waals surface area contributed by atoms with Crippen molar-refractivity contribution in [1.82, 2.24) is 41.8 Å². The van der Waals surface area contributed by atoms with Gasteiger partial charge in [0.25, 0.3) is 11.7 Å². The zero-order valence-electron chi connectivity index (χ0n) is 44.4. The van der Waals surface area contributed by atoms with E-state index < -0.39 is 94.3 Å². The molecule has 0 radical (unpaired) electrons. The van der Waals surface area contributed by atoms with E-state index in [0.717, 1.165) is 5.01 Å². The van der Waals surface area contributed by atoms with Crippen molar-refractivity contribution in [3.63, 3.8) is 0 Å². The van der Waals surface area contributed by atoms with Gasteiger partial charge in [-0.2, -0.15) is 34.9 Å². The summed E-state index contributed by atoms with van der Waals surface area (Å²) in [6.07, 6.45) is 6.12. The van der Waals surface area contributed by atoms with Crippen molar-refractivity contribution in [3.8, 4) is 5.75 Å². The summed E-state index contributed by atoms with van der Waals surface area (Å²) >= 11 is 6.05. The van der Waals surface area contributed by atoms with Gasteiger partial charge in [-0.05, 0) is 99.3 Å². The minimum atomic E-state index is -2.13. The van der Waals surface area contributed by atoms with Crippen LogP contribution in [0.15, 0.2) is 34.3 Å². The van der Waals surface area contributed by atoms with E-state index in [4.69, 9.17) is 22.9 Å². The van der Waals surface area contributed by atoms with Crippen LogP contribution in [0.3, 0.4) is 0 Å². The molecular formula is C49H80N15O10S2+. The number of benzene rings is 1. The lowest BCUT2D eigenvalue weighted by Gasteiger charge is -2.69. The molecule has 1 aromatic carbocycles. The van der Waals surface area contributed by atoms with Crippen molar-refractivity contribution in [2.75, 3.05) is 43.9 Å². The number of nitrogens with two attached hydrogens (primary N) is 4. The minimum absolute atomic E-state index is 0.0137. The number of Topliss-reactive ketones (excluding diaryl/α,β-unsaturated/α-hetero) is 2. The molecule has 2 unspecified atom stereocenters. The van der Waals surface area contributed by atoms with Crippen LogP contribution in [0.4, 0.5) is 0 Å². The number of carbonyl (C=O) groups excluding carboxylic acids is 9. The molecular weight excluding hydrogens is 1020 g/mol. The lowest BCUT2D eigenvalue weighted by Crippen LogP contribution is -3.03. The second-order valence-corrected chi connectivity index (χ2v) is 21.5. The molecule has 0 aliphatic carbocycles. The second-order valence-electron chi connectivity index (χ2n) is 20.2. The first-order chi connectivity index (χ1) is 36.1. The molecule has 10 atom stereocenters. The first-order valence-corrected chi connectivity index (χ1v) is 27.7. The Morgan fingerprint density at radius 1 is 0.947 bits per heavy atom. The van der Waals surface area contributed by atoms with Crippen molar-refractivity contribution < 1.29 is 52.8 Å². The van der Waals surface area contributed by atoms with E-state index in [9.17, 15) is 38.7 Å². The van der Waals surface area contributed by atoms with Crippen LogP contribution in [0.2, 0.25) is 0 Å². The van der Waals surface area contributed by atoms with Gasteiger partial charge >= 0.3 is 5.91 Å². The summed E-state index contributed by atoms with van der Waals surface area (Å²) < 4.78 is -0.848. The van der Waals surface area contributed by atoms with Gasteiger partial charge in [0.2, 0.25) is 17.2 Å². The van der Waals surface area contributed by atoms with Crippen LogP contribution in [-0.2, 0) is 49.6 Å². The molecule has 1 aromatic rings. The average molecular weight is 1100 g/mol. The zero-order valence-corrected chi connectivity index (χ0v) is 46.1. The third-order valence-electron chi connectivity index (χ3n) is 14.1. The van der Waals surface area contributed by atoms with Gasteiger partial charge in [0.15, 0.2) is 24.0 Å². The van der Waals surface area contributed by atoms with Gasteiger partial charge in [-0.1, -0.05) is 44.9 Å². The van der Waals surface area contributed by atoms with E-state index in [2.05, 4.69) is 44.2 Å². The Labute approximate surface area is 454 Å². The summed E-state index contributed by atoms with van der Waals surface area (Å²) in [5.41, 5.74) is 30.0. The smallest absolute Gasteiger partial charge is 0.360 e. The molecule has 3 aliphatic rings. The highest BCUT2D eigenvalue weighted by Gasteiger charge is 2.88. The normalized spacial score (nSPS) is 23.5. The van der Waals surface area contributed by atoms with Gasteiger partial charge in [-0.15, -0.1) is 4.59 Å². The van der Waals surface area contributed by atoms with Crippen LogP contribution < -0.4 is 44.5 Å². The third-order valence-corrected chi connectivity index (χ3v) is 15.1. The summed E-state index contributed by atoms with van der Waals surface area (Å²) in [5.74, 6) is -3.39. The molecule has 422 valence electrons. The number of carbonyl (C=O) groups is 9. The number of aldehydes is 4. The van der Waals surface area contributed by atoms with Crippen molar-refractivity contribution in [2.24, 2.45) is 44.8 Å². The van der Waals surface area contributed by atoms with E-state index in [0.29, 0.717) is 49.3 Å². The monoisotopic (exact) mass is 1100 g/mol. The Morgan fingerprint density at radius 3 is 2.13 bits per heavy atom. The molecule has 25 nitrogen and oxygen atoms in total. The molecule has 76 heavy (non-hydrogen) atoms. The maximum Gasteiger partial charge on any atom is 0.360 e. The van der Waals surface area contributed by atoms with Crippen molar-refractivity contribution in [3.05, 3.63) is 29.8 Å². The number of thiol groups is 1. The first-order valence-electron chi connectivity index (χ1n) is 25.7. The van der Waals surface area contributed by atoms with E-state index in [1.807, 2.05) is 20.1 Å². The van der Waals surface area contributed by atoms with Crippen LogP contribution in [0.1, 0.15) is 91.5 Å². The van der Waals surface area contributed by atoms with Crippen LogP contribution in [-0.4, -0.2) is 194 Å². The lowest BCUT2D eigenvalue weighted by atomic mass is 9.69. The molecule has 3 fully saturated rings.